The maximum atomic E-state index is 6.92. The minimum Gasteiger partial charge on any atom is -0.386 e. The summed E-state index contributed by atoms with van der Waals surface area (Å²) >= 11 is 0. The molecule has 4 nitrogen and oxygen atoms in total. The molecular weight excluding hydrogens is 104 g/mol. The Morgan fingerprint density at radius 2 is 2.50 bits per heavy atom. The van der Waals surface area contributed by atoms with Gasteiger partial charge in [-0.1, -0.05) is 0 Å². The molecule has 44 valence electrons. The van der Waals surface area contributed by atoms with E-state index in [0.29, 0.717) is 0 Å². The summed E-state index contributed by atoms with van der Waals surface area (Å²) in [6.07, 6.45) is 3.49. The monoisotopic (exact) mass is 112 g/mol. The first kappa shape index (κ1) is 5.11. The Kier molecular flexibility index (Phi) is 1.17. The molecule has 0 amide bonds. The van der Waals surface area contributed by atoms with Crippen molar-refractivity contribution in [3.8, 4) is 0 Å². The normalized spacial score (nSPS) is 25.2. The van der Waals surface area contributed by atoms with Crippen molar-refractivity contribution < 1.29 is 0 Å². The van der Waals surface area contributed by atoms with Crippen LogP contribution in [0.5, 0.6) is 0 Å². The molecule has 1 atom stereocenters. The topological polar surface area (TPSA) is 73.9 Å². The van der Waals surface area contributed by atoms with Crippen LogP contribution in [0.1, 0.15) is 0 Å². The maximum Gasteiger partial charge on any atom is 0.114 e. The number of nitrogens with one attached hydrogen (secondary N) is 3. The first-order valence-electron chi connectivity index (χ1n) is 2.32. The van der Waals surface area contributed by atoms with E-state index in [1.165, 1.54) is 0 Å². The van der Waals surface area contributed by atoms with Crippen LogP contribution < -0.4 is 16.6 Å². The van der Waals surface area contributed by atoms with E-state index in [9.17, 15) is 0 Å². The fraction of sp³-hybridized carbons (Fsp3) is 0.250. The van der Waals surface area contributed by atoms with Crippen LogP contribution in [-0.2, 0) is 0 Å². The van der Waals surface area contributed by atoms with E-state index in [0.717, 1.165) is 0 Å². The highest BCUT2D eigenvalue weighted by molar-refractivity contribution is 5.84. The molecule has 5 N–H and O–H groups in total. The highest BCUT2D eigenvalue weighted by Crippen LogP contribution is 1.87. The zero-order valence-electron chi connectivity index (χ0n) is 4.31. The Bertz CT molecular complexity index is 128. The summed E-state index contributed by atoms with van der Waals surface area (Å²) < 4.78 is 0. The van der Waals surface area contributed by atoms with Gasteiger partial charge < -0.3 is 11.2 Å². The van der Waals surface area contributed by atoms with Gasteiger partial charge in [0.2, 0.25) is 0 Å². The predicted molar refractivity (Wildman–Crippen MR) is 31.1 cm³/mol. The lowest BCUT2D eigenvalue weighted by molar-refractivity contribution is 0.672. The Morgan fingerprint density at radius 1 is 1.75 bits per heavy atom. The minimum absolute atomic E-state index is 0.116. The van der Waals surface area contributed by atoms with Crippen molar-refractivity contribution in [2.24, 2.45) is 5.73 Å². The summed E-state index contributed by atoms with van der Waals surface area (Å²) in [5.41, 5.74) is 10.6. The van der Waals surface area contributed by atoms with Crippen molar-refractivity contribution in [3.63, 3.8) is 0 Å². The molecule has 0 aromatic carbocycles. The zero-order chi connectivity index (χ0) is 5.98. The van der Waals surface area contributed by atoms with Gasteiger partial charge in [-0.05, 0) is 6.08 Å². The van der Waals surface area contributed by atoms with E-state index in [2.05, 4.69) is 10.9 Å². The van der Waals surface area contributed by atoms with Gasteiger partial charge in [0.25, 0.3) is 0 Å². The minimum atomic E-state index is -0.116. The van der Waals surface area contributed by atoms with Crippen LogP contribution in [-0.4, -0.2) is 11.9 Å². The van der Waals surface area contributed by atoms with Gasteiger partial charge in [-0.2, -0.15) is 0 Å². The van der Waals surface area contributed by atoms with Crippen LogP contribution in [0.4, 0.5) is 0 Å². The van der Waals surface area contributed by atoms with Crippen LogP contribution in [0.2, 0.25) is 0 Å². The Labute approximate surface area is 47.2 Å². The molecule has 1 unspecified atom stereocenters. The second kappa shape index (κ2) is 1.83. The molecule has 1 aliphatic heterocycles. The summed E-state index contributed by atoms with van der Waals surface area (Å²) in [4.78, 5) is 0. The molecule has 0 saturated heterocycles. The number of hydrogen-bond acceptors (Lipinski definition) is 3. The molecule has 1 aliphatic rings. The quantitative estimate of drug-likeness (QED) is 0.257. The molecule has 0 fully saturated rings. The summed E-state index contributed by atoms with van der Waals surface area (Å²) in [7, 11) is 0. The third kappa shape index (κ3) is 0.788. The highest BCUT2D eigenvalue weighted by Gasteiger charge is 2.08. The zero-order valence-corrected chi connectivity index (χ0v) is 4.31. The second-order valence-corrected chi connectivity index (χ2v) is 1.58. The highest BCUT2D eigenvalue weighted by atomic mass is 15.4. The van der Waals surface area contributed by atoms with Crippen LogP contribution >= 0.6 is 0 Å². The average molecular weight is 112 g/mol. The molecule has 8 heavy (non-hydrogen) atoms. The van der Waals surface area contributed by atoms with Gasteiger partial charge in [-0.15, -0.1) is 0 Å². The number of nitrogens with two attached hydrogens (primary N) is 1. The number of hydrogen-bond donors (Lipinski definition) is 4. The van der Waals surface area contributed by atoms with Gasteiger partial charge in [0.05, 0.1) is 0 Å². The molecule has 4 heteroatoms. The van der Waals surface area contributed by atoms with E-state index in [-0.39, 0.29) is 11.9 Å². The molecule has 0 aromatic rings. The van der Waals surface area contributed by atoms with Crippen molar-refractivity contribution in [2.45, 2.75) is 6.04 Å². The summed E-state index contributed by atoms with van der Waals surface area (Å²) in [6, 6.07) is -0.116. The van der Waals surface area contributed by atoms with Gasteiger partial charge in [-0.25, -0.2) is 5.43 Å². The molecule has 1 heterocycles. The Morgan fingerprint density at radius 3 is 2.75 bits per heavy atom. The van der Waals surface area contributed by atoms with Crippen molar-refractivity contribution in [1.82, 2.24) is 10.9 Å². The molecule has 0 saturated carbocycles. The molecule has 0 aromatic heterocycles. The molecular formula is C4H8N4. The fourth-order valence-corrected chi connectivity index (χ4v) is 0.512. The second-order valence-electron chi connectivity index (χ2n) is 1.58. The van der Waals surface area contributed by atoms with Gasteiger partial charge in [0.15, 0.2) is 0 Å². The fourth-order valence-electron chi connectivity index (χ4n) is 0.512. The van der Waals surface area contributed by atoms with Gasteiger partial charge in [0, 0.05) is 6.20 Å². The van der Waals surface area contributed by atoms with Crippen molar-refractivity contribution in [3.05, 3.63) is 12.3 Å². The van der Waals surface area contributed by atoms with Crippen LogP contribution in [0, 0.1) is 5.41 Å². The van der Waals surface area contributed by atoms with Crippen molar-refractivity contribution in [2.75, 3.05) is 0 Å². The van der Waals surface area contributed by atoms with Gasteiger partial charge in [-0.3, -0.25) is 5.41 Å². The van der Waals surface area contributed by atoms with E-state index < -0.39 is 0 Å². The smallest absolute Gasteiger partial charge is 0.114 e. The number of rotatable bonds is 1. The van der Waals surface area contributed by atoms with Crippen molar-refractivity contribution in [1.29, 1.82) is 5.41 Å². The predicted octanol–water partition coefficient (Wildman–Crippen LogP) is -1.09. The first-order chi connectivity index (χ1) is 3.80. The molecule has 1 rings (SSSR count). The number of amidine groups is 1. The summed E-state index contributed by atoms with van der Waals surface area (Å²) in [6.45, 7) is 0. The Balaban J connectivity index is 2.48. The van der Waals surface area contributed by atoms with E-state index in [1.807, 2.05) is 0 Å². The van der Waals surface area contributed by atoms with Crippen LogP contribution in [0.3, 0.4) is 0 Å². The molecule has 0 radical (unpaired) electrons. The van der Waals surface area contributed by atoms with E-state index in [4.69, 9.17) is 11.1 Å². The average Bonchev–Trinajstić information content (AvgIpc) is 2.12. The summed E-state index contributed by atoms with van der Waals surface area (Å²) in [5.74, 6) is 0.131. The van der Waals surface area contributed by atoms with E-state index >= 15 is 0 Å². The lowest BCUT2D eigenvalue weighted by Crippen LogP contribution is -2.40. The van der Waals surface area contributed by atoms with E-state index in [1.54, 1.807) is 12.3 Å². The molecule has 0 bridgehead atoms. The third-order valence-corrected chi connectivity index (χ3v) is 0.946. The molecule has 0 aliphatic carbocycles. The lowest BCUT2D eigenvalue weighted by Gasteiger charge is -2.03. The van der Waals surface area contributed by atoms with Gasteiger partial charge >= 0.3 is 0 Å². The molecule has 0 spiro atoms. The standard InChI is InChI=1S/C4H8N4/c5-4(6)3-1-2-7-8-3/h1-3,7-8H,(H3,5,6). The maximum absolute atomic E-state index is 6.92. The van der Waals surface area contributed by atoms with Crippen LogP contribution in [0.15, 0.2) is 12.3 Å². The first-order valence-corrected chi connectivity index (χ1v) is 2.32. The van der Waals surface area contributed by atoms with Gasteiger partial charge in [0.1, 0.15) is 11.9 Å². The largest absolute Gasteiger partial charge is 0.386 e. The summed E-state index contributed by atoms with van der Waals surface area (Å²) in [5, 5.41) is 6.92. The lowest BCUT2D eigenvalue weighted by atomic mass is 10.3. The third-order valence-electron chi connectivity index (χ3n) is 0.946. The number of hydrazine groups is 1. The van der Waals surface area contributed by atoms with Crippen LogP contribution in [0.25, 0.3) is 0 Å². The Hall–Kier alpha value is -1.03. The SMILES string of the molecule is N=C(N)C1C=CNN1. The van der Waals surface area contributed by atoms with Crippen molar-refractivity contribution >= 4 is 5.84 Å².